The van der Waals surface area contributed by atoms with E-state index in [1.165, 1.54) is 17.0 Å². The van der Waals surface area contributed by atoms with Crippen molar-refractivity contribution in [3.8, 4) is 5.75 Å². The van der Waals surface area contributed by atoms with Crippen LogP contribution >= 0.6 is 0 Å². The van der Waals surface area contributed by atoms with Gasteiger partial charge in [0.25, 0.3) is 0 Å². The summed E-state index contributed by atoms with van der Waals surface area (Å²) in [7, 11) is 3.12. The van der Waals surface area contributed by atoms with Gasteiger partial charge in [0.05, 0.1) is 19.6 Å². The van der Waals surface area contributed by atoms with Crippen LogP contribution in [0, 0.1) is 0 Å². The summed E-state index contributed by atoms with van der Waals surface area (Å²) in [5.74, 6) is -2.18. The molecule has 2 aromatic carbocycles. The van der Waals surface area contributed by atoms with Crippen LogP contribution in [0.3, 0.4) is 0 Å². The Morgan fingerprint density at radius 1 is 0.757 bits per heavy atom. The second kappa shape index (κ2) is 14.9. The van der Waals surface area contributed by atoms with E-state index in [1.807, 2.05) is 6.07 Å². The van der Waals surface area contributed by atoms with E-state index in [4.69, 9.17) is 0 Å². The Balaban J connectivity index is 1.86. The quantitative estimate of drug-likeness (QED) is 0.244. The van der Waals surface area contributed by atoms with Crippen molar-refractivity contribution in [3.63, 3.8) is 0 Å². The maximum atomic E-state index is 12.8. The number of hydrogen-bond donors (Lipinski definition) is 5. The number of amides is 5. The summed E-state index contributed by atoms with van der Waals surface area (Å²) in [5, 5.41) is 19.3. The normalized spacial score (nSPS) is 11.1. The molecule has 2 aromatic rings. The highest BCUT2D eigenvalue weighted by molar-refractivity contribution is 5.92. The van der Waals surface area contributed by atoms with E-state index in [-0.39, 0.29) is 50.0 Å². The van der Waals surface area contributed by atoms with Crippen LogP contribution in [0.1, 0.15) is 17.5 Å². The molecule has 0 unspecified atom stereocenters. The Bertz CT molecular complexity index is 1070. The number of carbonyl (C=O) groups excluding carboxylic acids is 5. The predicted molar refractivity (Wildman–Crippen MR) is 136 cm³/mol. The van der Waals surface area contributed by atoms with Gasteiger partial charge in [0.1, 0.15) is 11.8 Å². The molecule has 198 valence electrons. The average Bonchev–Trinajstić information content (AvgIpc) is 2.88. The molecule has 5 amide bonds. The zero-order chi connectivity index (χ0) is 27.2. The molecule has 0 bridgehead atoms. The number of aryl methyl sites for hydroxylation is 1. The molecular weight excluding hydrogens is 478 g/mol. The Morgan fingerprint density at radius 2 is 1.38 bits per heavy atom. The molecule has 1 atom stereocenters. The van der Waals surface area contributed by atoms with Crippen molar-refractivity contribution in [1.82, 2.24) is 26.2 Å². The van der Waals surface area contributed by atoms with Crippen LogP contribution in [0.15, 0.2) is 54.6 Å². The molecule has 0 radical (unpaired) electrons. The largest absolute Gasteiger partial charge is 0.508 e. The van der Waals surface area contributed by atoms with E-state index in [9.17, 15) is 29.1 Å². The lowest BCUT2D eigenvalue weighted by molar-refractivity contribution is -0.132. The minimum Gasteiger partial charge on any atom is -0.508 e. The van der Waals surface area contributed by atoms with Crippen LogP contribution in [0.4, 0.5) is 0 Å². The van der Waals surface area contributed by atoms with Crippen LogP contribution in [-0.2, 0) is 36.8 Å². The van der Waals surface area contributed by atoms with Crippen LogP contribution in [-0.4, -0.2) is 79.3 Å². The predicted octanol–water partition coefficient (Wildman–Crippen LogP) is -0.511. The molecule has 0 aliphatic heterocycles. The lowest BCUT2D eigenvalue weighted by atomic mass is 10.1. The van der Waals surface area contributed by atoms with Gasteiger partial charge in [-0.15, -0.1) is 0 Å². The van der Waals surface area contributed by atoms with Crippen molar-refractivity contribution < 1.29 is 29.1 Å². The Labute approximate surface area is 215 Å². The molecule has 0 fully saturated rings. The molecule has 0 spiro atoms. The molecule has 2 rings (SSSR count). The molecule has 11 nitrogen and oxygen atoms in total. The molecule has 0 aliphatic rings. The Hall–Kier alpha value is -4.41. The van der Waals surface area contributed by atoms with E-state index in [0.29, 0.717) is 6.42 Å². The summed E-state index contributed by atoms with van der Waals surface area (Å²) in [6, 6.07) is 14.5. The zero-order valence-electron chi connectivity index (χ0n) is 21.0. The Morgan fingerprint density at radius 3 is 2.03 bits per heavy atom. The van der Waals surface area contributed by atoms with Crippen LogP contribution in [0.25, 0.3) is 0 Å². The summed E-state index contributed by atoms with van der Waals surface area (Å²) >= 11 is 0. The first-order valence-electron chi connectivity index (χ1n) is 11.8. The second-order valence-electron chi connectivity index (χ2n) is 8.54. The third kappa shape index (κ3) is 11.2. The Kier molecular flexibility index (Phi) is 11.6. The number of nitrogens with one attached hydrogen (secondary N) is 4. The molecule has 5 N–H and O–H groups in total. The van der Waals surface area contributed by atoms with Crippen molar-refractivity contribution in [2.75, 3.05) is 33.7 Å². The smallest absolute Gasteiger partial charge is 0.243 e. The highest BCUT2D eigenvalue weighted by Crippen LogP contribution is 2.11. The van der Waals surface area contributed by atoms with Gasteiger partial charge in [0, 0.05) is 26.9 Å². The standard InChI is InChI=1S/C26H33N5O6/c1-31(2)25(36)17-28-23(34)15-29-26(37)21(14-19-6-4-3-5-7-19)30-24(35)16-27-22(33)13-10-18-8-11-20(32)12-9-18/h3-9,11-12,21,32H,10,13-17H2,1-2H3,(H,27,33)(H,28,34)(H,29,37)(H,30,35)/t21-/m0/s1. The number of hydrogen-bond acceptors (Lipinski definition) is 6. The first-order chi connectivity index (χ1) is 17.6. The van der Waals surface area contributed by atoms with Crippen molar-refractivity contribution >= 4 is 29.5 Å². The van der Waals surface area contributed by atoms with E-state index in [2.05, 4.69) is 21.3 Å². The van der Waals surface area contributed by atoms with Gasteiger partial charge >= 0.3 is 0 Å². The van der Waals surface area contributed by atoms with E-state index in [0.717, 1.165) is 11.1 Å². The van der Waals surface area contributed by atoms with Gasteiger partial charge < -0.3 is 31.3 Å². The number of phenols is 1. The molecule has 0 aromatic heterocycles. The lowest BCUT2D eigenvalue weighted by Gasteiger charge is -2.19. The second-order valence-corrected chi connectivity index (χ2v) is 8.54. The summed E-state index contributed by atoms with van der Waals surface area (Å²) in [6.07, 6.45) is 0.764. The maximum absolute atomic E-state index is 12.8. The minimum absolute atomic E-state index is 0.138. The fourth-order valence-electron chi connectivity index (χ4n) is 3.18. The number of phenolic OH excluding ortho intramolecular Hbond substituents is 1. The summed E-state index contributed by atoms with van der Waals surface area (Å²) in [6.45, 7) is -0.882. The number of benzene rings is 2. The van der Waals surface area contributed by atoms with E-state index in [1.54, 1.807) is 50.5 Å². The summed E-state index contributed by atoms with van der Waals surface area (Å²) in [4.78, 5) is 62.3. The van der Waals surface area contributed by atoms with Gasteiger partial charge in [-0.05, 0) is 29.7 Å². The van der Waals surface area contributed by atoms with E-state index >= 15 is 0 Å². The minimum atomic E-state index is -0.986. The van der Waals surface area contributed by atoms with Crippen molar-refractivity contribution in [1.29, 1.82) is 0 Å². The van der Waals surface area contributed by atoms with Gasteiger partial charge in [-0.3, -0.25) is 24.0 Å². The molecular formula is C26H33N5O6. The van der Waals surface area contributed by atoms with Crippen LogP contribution < -0.4 is 21.3 Å². The van der Waals surface area contributed by atoms with Gasteiger partial charge in [-0.1, -0.05) is 42.5 Å². The first-order valence-corrected chi connectivity index (χ1v) is 11.8. The molecule has 0 saturated heterocycles. The van der Waals surface area contributed by atoms with Crippen molar-refractivity contribution in [2.24, 2.45) is 0 Å². The molecule has 0 heterocycles. The summed E-state index contributed by atoms with van der Waals surface area (Å²) in [5.41, 5.74) is 1.66. The van der Waals surface area contributed by atoms with Gasteiger partial charge in [-0.2, -0.15) is 0 Å². The van der Waals surface area contributed by atoms with Gasteiger partial charge in [-0.25, -0.2) is 0 Å². The SMILES string of the molecule is CN(C)C(=O)CNC(=O)CNC(=O)[C@H](Cc1ccccc1)NC(=O)CNC(=O)CCc1ccc(O)cc1. The summed E-state index contributed by atoms with van der Waals surface area (Å²) < 4.78 is 0. The number of rotatable bonds is 13. The first kappa shape index (κ1) is 28.8. The highest BCUT2D eigenvalue weighted by Gasteiger charge is 2.22. The van der Waals surface area contributed by atoms with Gasteiger partial charge in [0.2, 0.25) is 29.5 Å². The molecule has 0 saturated carbocycles. The topological polar surface area (TPSA) is 157 Å². The van der Waals surface area contributed by atoms with E-state index < -0.39 is 23.8 Å². The monoisotopic (exact) mass is 511 g/mol. The number of nitrogens with zero attached hydrogens (tertiary/aromatic N) is 1. The van der Waals surface area contributed by atoms with Crippen LogP contribution in [0.2, 0.25) is 0 Å². The number of carbonyl (C=O) groups is 5. The highest BCUT2D eigenvalue weighted by atomic mass is 16.3. The van der Waals surface area contributed by atoms with Crippen molar-refractivity contribution in [2.45, 2.75) is 25.3 Å². The van der Waals surface area contributed by atoms with Crippen LogP contribution in [0.5, 0.6) is 5.75 Å². The van der Waals surface area contributed by atoms with Crippen molar-refractivity contribution in [3.05, 3.63) is 65.7 Å². The number of aromatic hydroxyl groups is 1. The molecule has 0 aliphatic carbocycles. The lowest BCUT2D eigenvalue weighted by Crippen LogP contribution is -2.52. The third-order valence-electron chi connectivity index (χ3n) is 5.32. The maximum Gasteiger partial charge on any atom is 0.243 e. The fourth-order valence-corrected chi connectivity index (χ4v) is 3.18. The van der Waals surface area contributed by atoms with Gasteiger partial charge in [0.15, 0.2) is 0 Å². The average molecular weight is 512 g/mol. The third-order valence-corrected chi connectivity index (χ3v) is 5.32. The molecule has 37 heavy (non-hydrogen) atoms. The molecule has 11 heteroatoms. The fraction of sp³-hybridized carbons (Fsp3) is 0.346. The zero-order valence-corrected chi connectivity index (χ0v) is 21.0. The number of likely N-dealkylation sites (N-methyl/N-ethyl adjacent to an activating group) is 1.